The largest absolute Gasteiger partial charge is 0.389 e. The molecule has 0 spiro atoms. The van der Waals surface area contributed by atoms with Crippen molar-refractivity contribution in [1.29, 1.82) is 0 Å². The molecule has 0 aromatic carbocycles. The van der Waals surface area contributed by atoms with Gasteiger partial charge in [-0.05, 0) is 42.7 Å². The number of aliphatic hydroxyl groups excluding tert-OH is 2. The summed E-state index contributed by atoms with van der Waals surface area (Å²) in [7, 11) is 0. The molecular weight excluding hydrogens is 228 g/mol. The Hall–Kier alpha value is -0.930. The molecule has 0 saturated heterocycles. The molecule has 1 rings (SSSR count). The molecule has 1 aliphatic carbocycles. The maximum atomic E-state index is 11.8. The molecule has 0 aliphatic heterocycles. The number of allylic oxidation sites excluding steroid dienone is 1. The average Bonchev–Trinajstić information content (AvgIpc) is 2.26. The predicted molar refractivity (Wildman–Crippen MR) is 72.1 cm³/mol. The van der Waals surface area contributed by atoms with Crippen molar-refractivity contribution in [1.82, 2.24) is 0 Å². The Bertz CT molecular complexity index is 355. The van der Waals surface area contributed by atoms with Gasteiger partial charge in [0, 0.05) is 6.42 Å². The smallest absolute Gasteiger partial charge is 0.161 e. The van der Waals surface area contributed by atoms with Crippen molar-refractivity contribution in [3.05, 3.63) is 23.8 Å². The van der Waals surface area contributed by atoms with Crippen molar-refractivity contribution in [3.8, 4) is 0 Å². The molecule has 3 nitrogen and oxygen atoms in total. The second-order valence-electron chi connectivity index (χ2n) is 5.59. The van der Waals surface area contributed by atoms with E-state index in [9.17, 15) is 15.0 Å². The highest BCUT2D eigenvalue weighted by atomic mass is 16.3. The molecule has 3 atom stereocenters. The van der Waals surface area contributed by atoms with Crippen molar-refractivity contribution in [3.63, 3.8) is 0 Å². The zero-order valence-corrected chi connectivity index (χ0v) is 11.5. The molecule has 0 heterocycles. The maximum absolute atomic E-state index is 11.8. The van der Waals surface area contributed by atoms with Crippen LogP contribution in [0.1, 0.15) is 40.0 Å². The fraction of sp³-hybridized carbons (Fsp3) is 0.667. The first-order chi connectivity index (χ1) is 8.32. The summed E-state index contributed by atoms with van der Waals surface area (Å²) in [5.74, 6) is 0.340. The van der Waals surface area contributed by atoms with Crippen molar-refractivity contribution in [2.75, 3.05) is 0 Å². The maximum Gasteiger partial charge on any atom is 0.161 e. The molecular formula is C15H24O3. The van der Waals surface area contributed by atoms with E-state index in [2.05, 4.69) is 20.4 Å². The van der Waals surface area contributed by atoms with E-state index in [0.717, 1.165) is 6.42 Å². The van der Waals surface area contributed by atoms with Gasteiger partial charge in [0.25, 0.3) is 0 Å². The minimum absolute atomic E-state index is 0.0697. The van der Waals surface area contributed by atoms with Crippen molar-refractivity contribution in [2.24, 2.45) is 11.8 Å². The molecule has 2 N–H and O–H groups in total. The zero-order chi connectivity index (χ0) is 13.9. The summed E-state index contributed by atoms with van der Waals surface area (Å²) in [5.41, 5.74) is 1.22. The molecule has 1 aliphatic rings. The van der Waals surface area contributed by atoms with Gasteiger partial charge in [0.1, 0.15) is 0 Å². The van der Waals surface area contributed by atoms with Gasteiger partial charge in [-0.1, -0.05) is 26.5 Å². The van der Waals surface area contributed by atoms with E-state index in [1.807, 2.05) is 0 Å². The van der Waals surface area contributed by atoms with Crippen LogP contribution >= 0.6 is 0 Å². The van der Waals surface area contributed by atoms with Crippen LogP contribution < -0.4 is 0 Å². The van der Waals surface area contributed by atoms with E-state index >= 15 is 0 Å². The Balaban J connectivity index is 2.99. The van der Waals surface area contributed by atoms with Crippen LogP contribution in [0.15, 0.2) is 23.8 Å². The Morgan fingerprint density at radius 1 is 1.39 bits per heavy atom. The van der Waals surface area contributed by atoms with Gasteiger partial charge in [-0.25, -0.2) is 0 Å². The first-order valence-corrected chi connectivity index (χ1v) is 6.58. The molecule has 0 saturated carbocycles. The monoisotopic (exact) mass is 252 g/mol. The van der Waals surface area contributed by atoms with Crippen molar-refractivity contribution < 1.29 is 15.0 Å². The Kier molecular flexibility index (Phi) is 5.29. The minimum atomic E-state index is -0.810. The fourth-order valence-electron chi connectivity index (χ4n) is 2.36. The van der Waals surface area contributed by atoms with E-state index in [0.29, 0.717) is 23.5 Å². The molecule has 0 amide bonds. The summed E-state index contributed by atoms with van der Waals surface area (Å²) >= 11 is 0. The molecule has 102 valence electrons. The molecule has 0 bridgehead atoms. The Labute approximate surface area is 109 Å². The third kappa shape index (κ3) is 3.79. The number of rotatable bonds is 1. The summed E-state index contributed by atoms with van der Waals surface area (Å²) in [6.45, 7) is 9.66. The van der Waals surface area contributed by atoms with Gasteiger partial charge in [0.2, 0.25) is 0 Å². The number of ketones is 1. The summed E-state index contributed by atoms with van der Waals surface area (Å²) in [6.07, 6.45) is 1.73. The van der Waals surface area contributed by atoms with Crippen LogP contribution in [0.3, 0.4) is 0 Å². The van der Waals surface area contributed by atoms with E-state index in [4.69, 9.17) is 0 Å². The summed E-state index contributed by atoms with van der Waals surface area (Å²) in [6, 6.07) is 0. The van der Waals surface area contributed by atoms with E-state index in [1.165, 1.54) is 0 Å². The third-order valence-electron chi connectivity index (χ3n) is 3.81. The van der Waals surface area contributed by atoms with Crippen LogP contribution in [-0.2, 0) is 4.79 Å². The number of aliphatic hydroxyl groups is 2. The normalized spacial score (nSPS) is 31.4. The van der Waals surface area contributed by atoms with Crippen LogP contribution in [0.5, 0.6) is 0 Å². The summed E-state index contributed by atoms with van der Waals surface area (Å²) in [4.78, 5) is 11.8. The highest BCUT2D eigenvalue weighted by Gasteiger charge is 2.25. The fourth-order valence-corrected chi connectivity index (χ4v) is 2.36. The van der Waals surface area contributed by atoms with Crippen LogP contribution in [0.4, 0.5) is 0 Å². The third-order valence-corrected chi connectivity index (χ3v) is 3.81. The standard InChI is InChI=1S/C15H24O3/c1-9(2)12-6-5-10(3)13(16)8-14(17)11(4)7-15(12)18/h7,9,12,14-15,17-18H,3,5-6,8H2,1-2,4H3. The van der Waals surface area contributed by atoms with Crippen LogP contribution in [0.25, 0.3) is 0 Å². The van der Waals surface area contributed by atoms with Crippen molar-refractivity contribution in [2.45, 2.75) is 52.2 Å². The number of Topliss-reactive ketones (excluding diaryl/α,β-unsaturated/α-hetero) is 1. The molecule has 0 fully saturated rings. The lowest BCUT2D eigenvalue weighted by Crippen LogP contribution is -2.27. The number of hydrogen-bond donors (Lipinski definition) is 2. The predicted octanol–water partition coefficient (Wildman–Crippen LogP) is 2.24. The topological polar surface area (TPSA) is 57.5 Å². The summed E-state index contributed by atoms with van der Waals surface area (Å²) < 4.78 is 0. The van der Waals surface area contributed by atoms with Crippen LogP contribution in [0.2, 0.25) is 0 Å². The minimum Gasteiger partial charge on any atom is -0.389 e. The van der Waals surface area contributed by atoms with E-state index in [1.54, 1.807) is 13.0 Å². The van der Waals surface area contributed by atoms with Gasteiger partial charge < -0.3 is 10.2 Å². The second kappa shape index (κ2) is 6.30. The SMILES string of the molecule is C=C1CCC(C(C)C)C(O)C=C(C)C(O)CC1=O. The molecule has 0 radical (unpaired) electrons. The van der Waals surface area contributed by atoms with Crippen molar-refractivity contribution >= 4 is 5.78 Å². The molecule has 0 aromatic rings. The summed E-state index contributed by atoms with van der Waals surface area (Å²) in [5, 5.41) is 20.1. The second-order valence-corrected chi connectivity index (χ2v) is 5.59. The lowest BCUT2D eigenvalue weighted by atomic mass is 9.82. The quantitative estimate of drug-likeness (QED) is 0.556. The molecule has 0 aromatic heterocycles. The number of carbonyl (C=O) groups is 1. The van der Waals surface area contributed by atoms with Gasteiger partial charge >= 0.3 is 0 Å². The number of hydrogen-bond acceptors (Lipinski definition) is 3. The van der Waals surface area contributed by atoms with Crippen LogP contribution in [-0.4, -0.2) is 28.2 Å². The first-order valence-electron chi connectivity index (χ1n) is 6.58. The van der Waals surface area contributed by atoms with Gasteiger partial charge in [0.15, 0.2) is 5.78 Å². The molecule has 3 unspecified atom stereocenters. The highest BCUT2D eigenvalue weighted by molar-refractivity contribution is 5.95. The molecule has 18 heavy (non-hydrogen) atoms. The van der Waals surface area contributed by atoms with E-state index in [-0.39, 0.29) is 18.1 Å². The molecule has 3 heteroatoms. The Morgan fingerprint density at radius 3 is 2.56 bits per heavy atom. The lowest BCUT2D eigenvalue weighted by molar-refractivity contribution is -0.117. The average molecular weight is 252 g/mol. The van der Waals surface area contributed by atoms with Gasteiger partial charge in [-0.2, -0.15) is 0 Å². The zero-order valence-electron chi connectivity index (χ0n) is 11.5. The van der Waals surface area contributed by atoms with Gasteiger partial charge in [-0.3, -0.25) is 4.79 Å². The van der Waals surface area contributed by atoms with Gasteiger partial charge in [-0.15, -0.1) is 0 Å². The first kappa shape index (κ1) is 15.1. The van der Waals surface area contributed by atoms with Crippen LogP contribution in [0, 0.1) is 11.8 Å². The Morgan fingerprint density at radius 2 is 2.00 bits per heavy atom. The van der Waals surface area contributed by atoms with Gasteiger partial charge in [0.05, 0.1) is 12.2 Å². The number of carbonyl (C=O) groups excluding carboxylic acids is 1. The van der Waals surface area contributed by atoms with E-state index < -0.39 is 12.2 Å². The lowest BCUT2D eigenvalue weighted by Gasteiger charge is -2.27. The highest BCUT2D eigenvalue weighted by Crippen LogP contribution is 2.27.